The number of nitrogens with zero attached hydrogens (tertiary/aromatic N) is 3. The number of anilines is 1. The van der Waals surface area contributed by atoms with E-state index in [2.05, 4.69) is 10.3 Å². The summed E-state index contributed by atoms with van der Waals surface area (Å²) in [7, 11) is 0. The molecule has 1 aromatic heterocycles. The second-order valence-corrected chi connectivity index (χ2v) is 4.32. The SMILES string of the molecule is O=C(Nc1cccc(-n2ccnc2)c1)N1C=CCC1. The molecule has 1 N–H and O–H groups in total. The molecule has 0 radical (unpaired) electrons. The van der Waals surface area contributed by atoms with Crippen molar-refractivity contribution in [2.24, 2.45) is 0 Å². The van der Waals surface area contributed by atoms with Crippen LogP contribution in [0.2, 0.25) is 0 Å². The molecule has 19 heavy (non-hydrogen) atoms. The average molecular weight is 254 g/mol. The Hall–Kier alpha value is -2.56. The zero-order valence-corrected chi connectivity index (χ0v) is 10.4. The molecule has 0 aliphatic carbocycles. The first-order chi connectivity index (χ1) is 9.33. The van der Waals surface area contributed by atoms with E-state index < -0.39 is 0 Å². The minimum atomic E-state index is -0.100. The van der Waals surface area contributed by atoms with Gasteiger partial charge in [0.2, 0.25) is 0 Å². The zero-order valence-electron chi connectivity index (χ0n) is 10.4. The predicted molar refractivity (Wildman–Crippen MR) is 73.0 cm³/mol. The number of benzene rings is 1. The number of carbonyl (C=O) groups is 1. The molecule has 2 heterocycles. The molecule has 5 heteroatoms. The van der Waals surface area contributed by atoms with Gasteiger partial charge in [-0.25, -0.2) is 9.78 Å². The van der Waals surface area contributed by atoms with Gasteiger partial charge >= 0.3 is 6.03 Å². The summed E-state index contributed by atoms with van der Waals surface area (Å²) in [5.41, 5.74) is 1.74. The lowest BCUT2D eigenvalue weighted by Gasteiger charge is -2.15. The van der Waals surface area contributed by atoms with Gasteiger partial charge in [-0.3, -0.25) is 0 Å². The number of rotatable bonds is 2. The molecule has 1 aromatic carbocycles. The monoisotopic (exact) mass is 254 g/mol. The summed E-state index contributed by atoms with van der Waals surface area (Å²) in [6.45, 7) is 0.743. The van der Waals surface area contributed by atoms with E-state index in [0.717, 1.165) is 24.3 Å². The van der Waals surface area contributed by atoms with E-state index in [4.69, 9.17) is 0 Å². The molecule has 0 atom stereocenters. The predicted octanol–water partition coefficient (Wildman–Crippen LogP) is 2.62. The van der Waals surface area contributed by atoms with Crippen LogP contribution in [0.25, 0.3) is 5.69 Å². The van der Waals surface area contributed by atoms with Crippen molar-refractivity contribution in [3.8, 4) is 5.69 Å². The van der Waals surface area contributed by atoms with Gasteiger partial charge in [0.15, 0.2) is 0 Å². The van der Waals surface area contributed by atoms with Crippen LogP contribution in [0, 0.1) is 0 Å². The Balaban J connectivity index is 1.76. The molecule has 1 aliphatic heterocycles. The van der Waals surface area contributed by atoms with Crippen molar-refractivity contribution in [1.82, 2.24) is 14.5 Å². The van der Waals surface area contributed by atoms with Crippen molar-refractivity contribution in [2.75, 3.05) is 11.9 Å². The highest BCUT2D eigenvalue weighted by Crippen LogP contribution is 2.15. The average Bonchev–Trinajstić information content (AvgIpc) is 3.13. The van der Waals surface area contributed by atoms with E-state index in [1.807, 2.05) is 47.3 Å². The Morgan fingerprint density at radius 2 is 2.32 bits per heavy atom. The van der Waals surface area contributed by atoms with E-state index in [9.17, 15) is 4.79 Å². The molecule has 96 valence electrons. The van der Waals surface area contributed by atoms with Crippen LogP contribution in [0.5, 0.6) is 0 Å². The Kier molecular flexibility index (Phi) is 3.02. The first kappa shape index (κ1) is 11.5. The Morgan fingerprint density at radius 3 is 3.05 bits per heavy atom. The van der Waals surface area contributed by atoms with Crippen LogP contribution >= 0.6 is 0 Å². The lowest BCUT2D eigenvalue weighted by molar-refractivity contribution is 0.231. The third-order valence-corrected chi connectivity index (χ3v) is 2.98. The molecule has 0 saturated carbocycles. The van der Waals surface area contributed by atoms with Gasteiger partial charge in [-0.1, -0.05) is 12.1 Å². The van der Waals surface area contributed by atoms with Crippen molar-refractivity contribution in [1.29, 1.82) is 0 Å². The van der Waals surface area contributed by atoms with Crippen molar-refractivity contribution in [2.45, 2.75) is 6.42 Å². The molecule has 5 nitrogen and oxygen atoms in total. The molecule has 1 aliphatic rings. The molecular weight excluding hydrogens is 240 g/mol. The second-order valence-electron chi connectivity index (χ2n) is 4.32. The fourth-order valence-electron chi connectivity index (χ4n) is 2.01. The van der Waals surface area contributed by atoms with E-state index in [-0.39, 0.29) is 6.03 Å². The number of hydrogen-bond donors (Lipinski definition) is 1. The van der Waals surface area contributed by atoms with Gasteiger partial charge in [-0.15, -0.1) is 0 Å². The van der Waals surface area contributed by atoms with Gasteiger partial charge in [0.25, 0.3) is 0 Å². The molecule has 3 rings (SSSR count). The number of imidazole rings is 1. The quantitative estimate of drug-likeness (QED) is 0.895. The summed E-state index contributed by atoms with van der Waals surface area (Å²) in [5.74, 6) is 0. The van der Waals surface area contributed by atoms with Gasteiger partial charge in [-0.05, 0) is 24.6 Å². The highest BCUT2D eigenvalue weighted by Gasteiger charge is 2.13. The van der Waals surface area contributed by atoms with Crippen LogP contribution in [0.3, 0.4) is 0 Å². The normalized spacial score (nSPS) is 13.8. The minimum Gasteiger partial charge on any atom is -0.307 e. The van der Waals surface area contributed by atoms with Crippen molar-refractivity contribution < 1.29 is 4.79 Å². The topological polar surface area (TPSA) is 50.2 Å². The van der Waals surface area contributed by atoms with Gasteiger partial charge < -0.3 is 14.8 Å². The summed E-state index contributed by atoms with van der Waals surface area (Å²) in [6, 6.07) is 7.56. The van der Waals surface area contributed by atoms with E-state index in [0.29, 0.717) is 0 Å². The van der Waals surface area contributed by atoms with Gasteiger partial charge in [0.1, 0.15) is 0 Å². The summed E-state index contributed by atoms with van der Waals surface area (Å²) >= 11 is 0. The number of carbonyl (C=O) groups excluding carboxylic acids is 1. The molecule has 2 amide bonds. The maximum absolute atomic E-state index is 12.0. The number of aromatic nitrogens is 2. The third-order valence-electron chi connectivity index (χ3n) is 2.98. The molecular formula is C14H14N4O. The van der Waals surface area contributed by atoms with Crippen LogP contribution in [0.15, 0.2) is 55.3 Å². The Bertz CT molecular complexity index is 604. The van der Waals surface area contributed by atoms with E-state index in [1.54, 1.807) is 17.4 Å². The van der Waals surface area contributed by atoms with Crippen molar-refractivity contribution in [3.05, 3.63) is 55.3 Å². The Morgan fingerprint density at radius 1 is 1.37 bits per heavy atom. The highest BCUT2D eigenvalue weighted by molar-refractivity contribution is 5.90. The van der Waals surface area contributed by atoms with Crippen LogP contribution in [-0.2, 0) is 0 Å². The molecule has 0 fully saturated rings. The van der Waals surface area contributed by atoms with Gasteiger partial charge in [0.05, 0.1) is 6.33 Å². The first-order valence-electron chi connectivity index (χ1n) is 6.15. The Labute approximate surface area is 111 Å². The lowest BCUT2D eigenvalue weighted by Crippen LogP contribution is -2.28. The maximum atomic E-state index is 12.0. The summed E-state index contributed by atoms with van der Waals surface area (Å²) in [5, 5.41) is 2.89. The van der Waals surface area contributed by atoms with Crippen molar-refractivity contribution >= 4 is 11.7 Å². The second kappa shape index (κ2) is 4.97. The lowest BCUT2D eigenvalue weighted by atomic mass is 10.3. The van der Waals surface area contributed by atoms with Crippen LogP contribution < -0.4 is 5.32 Å². The van der Waals surface area contributed by atoms with Gasteiger partial charge in [0, 0.05) is 36.5 Å². The molecule has 0 bridgehead atoms. The fourth-order valence-corrected chi connectivity index (χ4v) is 2.01. The standard InChI is InChI=1S/C14H14N4O/c19-14(17-7-1-2-8-17)16-12-4-3-5-13(10-12)18-9-6-15-11-18/h1,3-7,9-11H,2,8H2,(H,16,19). The molecule has 0 unspecified atom stereocenters. The summed E-state index contributed by atoms with van der Waals surface area (Å²) in [6.07, 6.45) is 10.0. The van der Waals surface area contributed by atoms with Crippen LogP contribution in [-0.4, -0.2) is 27.0 Å². The summed E-state index contributed by atoms with van der Waals surface area (Å²) < 4.78 is 1.89. The molecule has 0 spiro atoms. The number of hydrogen-bond acceptors (Lipinski definition) is 2. The smallest absolute Gasteiger partial charge is 0.307 e. The number of nitrogens with one attached hydrogen (secondary N) is 1. The summed E-state index contributed by atoms with van der Waals surface area (Å²) in [4.78, 5) is 17.6. The van der Waals surface area contributed by atoms with Crippen molar-refractivity contribution in [3.63, 3.8) is 0 Å². The van der Waals surface area contributed by atoms with Gasteiger partial charge in [-0.2, -0.15) is 0 Å². The van der Waals surface area contributed by atoms with E-state index in [1.165, 1.54) is 0 Å². The maximum Gasteiger partial charge on any atom is 0.325 e. The molecule has 0 saturated heterocycles. The highest BCUT2D eigenvalue weighted by atomic mass is 16.2. The van der Waals surface area contributed by atoms with Crippen LogP contribution in [0.1, 0.15) is 6.42 Å². The third kappa shape index (κ3) is 2.49. The van der Waals surface area contributed by atoms with Crippen LogP contribution in [0.4, 0.5) is 10.5 Å². The minimum absolute atomic E-state index is 0.100. The molecule has 2 aromatic rings. The zero-order chi connectivity index (χ0) is 13.1. The fraction of sp³-hybridized carbons (Fsp3) is 0.143. The number of amides is 2. The number of urea groups is 1. The van der Waals surface area contributed by atoms with E-state index >= 15 is 0 Å². The first-order valence-corrected chi connectivity index (χ1v) is 6.15. The largest absolute Gasteiger partial charge is 0.325 e.